The van der Waals surface area contributed by atoms with Gasteiger partial charge in [-0.15, -0.1) is 0 Å². The van der Waals surface area contributed by atoms with Gasteiger partial charge in [0.15, 0.2) is 0 Å². The molecule has 1 aliphatic rings. The van der Waals surface area contributed by atoms with Crippen molar-refractivity contribution in [3.8, 4) is 16.9 Å². The van der Waals surface area contributed by atoms with Crippen molar-refractivity contribution in [2.24, 2.45) is 0 Å². The van der Waals surface area contributed by atoms with E-state index in [1.165, 1.54) is 11.1 Å². The second kappa shape index (κ2) is 5.85. The summed E-state index contributed by atoms with van der Waals surface area (Å²) in [5.74, 6) is 0.771. The molecule has 2 aromatic carbocycles. The Morgan fingerprint density at radius 3 is 2.83 bits per heavy atom. The molecule has 1 aliphatic carbocycles. The molecule has 116 valence electrons. The third kappa shape index (κ3) is 2.68. The number of phenols is 1. The number of fused-ring (bicyclic) bond motifs is 1. The maximum absolute atomic E-state index is 10.1. The molecule has 1 heterocycles. The Kier molecular flexibility index (Phi) is 3.69. The van der Waals surface area contributed by atoms with E-state index in [2.05, 4.69) is 44.1 Å². The van der Waals surface area contributed by atoms with Crippen molar-refractivity contribution in [2.75, 3.05) is 0 Å². The number of hydrogen-bond acceptors (Lipinski definition) is 2. The molecule has 3 aromatic rings. The zero-order valence-electron chi connectivity index (χ0n) is 12.5. The molecule has 2 N–H and O–H groups in total. The molecule has 23 heavy (non-hydrogen) atoms. The molecular weight excluding hydrogens is 352 g/mol. The normalized spacial score (nSPS) is 19.7. The van der Waals surface area contributed by atoms with Gasteiger partial charge in [-0.1, -0.05) is 52.3 Å². The highest BCUT2D eigenvalue weighted by molar-refractivity contribution is 9.09. The van der Waals surface area contributed by atoms with Crippen molar-refractivity contribution >= 4 is 15.9 Å². The quantitative estimate of drug-likeness (QED) is 0.642. The van der Waals surface area contributed by atoms with Gasteiger partial charge in [0, 0.05) is 16.6 Å². The summed E-state index contributed by atoms with van der Waals surface area (Å²) in [6, 6.07) is 14.0. The Hall–Kier alpha value is -2.07. The number of rotatable bonds is 3. The second-order valence-corrected chi connectivity index (χ2v) is 7.13. The Bertz CT molecular complexity index is 829. The van der Waals surface area contributed by atoms with E-state index >= 15 is 0 Å². The summed E-state index contributed by atoms with van der Waals surface area (Å²) >= 11 is 3.80. The first kappa shape index (κ1) is 14.5. The van der Waals surface area contributed by atoms with Gasteiger partial charge in [-0.05, 0) is 41.5 Å². The monoisotopic (exact) mass is 368 g/mol. The molecule has 2 unspecified atom stereocenters. The van der Waals surface area contributed by atoms with E-state index in [1.807, 2.05) is 24.4 Å². The van der Waals surface area contributed by atoms with Crippen molar-refractivity contribution in [2.45, 2.75) is 23.6 Å². The fourth-order valence-corrected chi connectivity index (χ4v) is 4.32. The lowest BCUT2D eigenvalue weighted by molar-refractivity contribution is 0.477. The van der Waals surface area contributed by atoms with E-state index in [0.717, 1.165) is 29.7 Å². The summed E-state index contributed by atoms with van der Waals surface area (Å²) in [5, 5.41) is 10.1. The first-order valence-corrected chi connectivity index (χ1v) is 8.68. The largest absolute Gasteiger partial charge is 0.507 e. The van der Waals surface area contributed by atoms with Crippen LogP contribution in [0.1, 0.15) is 34.0 Å². The Morgan fingerprint density at radius 1 is 1.17 bits per heavy atom. The molecule has 0 saturated carbocycles. The van der Waals surface area contributed by atoms with Crippen LogP contribution >= 0.6 is 15.9 Å². The minimum atomic E-state index is 0.324. The molecule has 0 bridgehead atoms. The molecule has 4 rings (SSSR count). The number of hydrogen-bond donors (Lipinski definition) is 2. The zero-order chi connectivity index (χ0) is 15.8. The van der Waals surface area contributed by atoms with Gasteiger partial charge in [0.25, 0.3) is 0 Å². The molecular formula is C19H17BrN2O. The van der Waals surface area contributed by atoms with Crippen LogP contribution in [-0.2, 0) is 6.42 Å². The van der Waals surface area contributed by atoms with Crippen LogP contribution in [0.4, 0.5) is 0 Å². The van der Waals surface area contributed by atoms with Crippen LogP contribution in [0.25, 0.3) is 11.1 Å². The number of aromatic nitrogens is 2. The first-order valence-electron chi connectivity index (χ1n) is 7.76. The van der Waals surface area contributed by atoms with E-state index in [-0.39, 0.29) is 0 Å². The predicted molar refractivity (Wildman–Crippen MR) is 94.9 cm³/mol. The van der Waals surface area contributed by atoms with Crippen molar-refractivity contribution in [3.05, 3.63) is 71.8 Å². The smallest absolute Gasteiger partial charge is 0.123 e. The molecule has 0 spiro atoms. The van der Waals surface area contributed by atoms with Crippen molar-refractivity contribution in [3.63, 3.8) is 0 Å². The average molecular weight is 369 g/mol. The van der Waals surface area contributed by atoms with Crippen molar-refractivity contribution in [1.29, 1.82) is 0 Å². The number of H-pyrrole nitrogens is 1. The van der Waals surface area contributed by atoms with E-state index < -0.39 is 0 Å². The minimum absolute atomic E-state index is 0.324. The summed E-state index contributed by atoms with van der Waals surface area (Å²) in [6.45, 7) is 0. The number of alkyl halides is 1. The number of benzene rings is 2. The van der Waals surface area contributed by atoms with Gasteiger partial charge in [-0.25, -0.2) is 4.98 Å². The lowest BCUT2D eigenvalue weighted by atomic mass is 9.93. The van der Waals surface area contributed by atoms with Gasteiger partial charge in [-0.2, -0.15) is 0 Å². The van der Waals surface area contributed by atoms with Gasteiger partial charge in [0.05, 0.1) is 12.0 Å². The topological polar surface area (TPSA) is 48.9 Å². The van der Waals surface area contributed by atoms with Gasteiger partial charge in [0.2, 0.25) is 0 Å². The van der Waals surface area contributed by atoms with Crippen LogP contribution in [0.3, 0.4) is 0 Å². The minimum Gasteiger partial charge on any atom is -0.507 e. The van der Waals surface area contributed by atoms with Crippen LogP contribution in [-0.4, -0.2) is 15.1 Å². The number of phenolic OH excluding ortho intramolecular Hbond substituents is 1. The lowest BCUT2D eigenvalue weighted by Gasteiger charge is -2.12. The average Bonchev–Trinajstić information content (AvgIpc) is 3.17. The molecule has 0 aliphatic heterocycles. The lowest BCUT2D eigenvalue weighted by Crippen LogP contribution is -1.99. The van der Waals surface area contributed by atoms with Crippen LogP contribution in [0, 0.1) is 0 Å². The second-order valence-electron chi connectivity index (χ2n) is 6.03. The molecule has 2 atom stereocenters. The van der Waals surface area contributed by atoms with E-state index in [0.29, 0.717) is 16.5 Å². The third-order valence-electron chi connectivity index (χ3n) is 4.58. The molecule has 3 nitrogen and oxygen atoms in total. The van der Waals surface area contributed by atoms with Crippen LogP contribution in [0.5, 0.6) is 5.75 Å². The highest BCUT2D eigenvalue weighted by Crippen LogP contribution is 2.47. The van der Waals surface area contributed by atoms with Gasteiger partial charge in [-0.3, -0.25) is 0 Å². The Labute approximate surface area is 143 Å². The molecule has 0 amide bonds. The number of para-hydroxylation sites is 1. The fourth-order valence-electron chi connectivity index (χ4n) is 3.45. The maximum atomic E-state index is 10.1. The molecule has 0 radical (unpaired) electrons. The SMILES string of the molecule is Oc1ccccc1-c1ccc2c(c1)C(Cc1c[nH]cn1)CC2Br. The molecule has 1 aromatic heterocycles. The van der Waals surface area contributed by atoms with Gasteiger partial charge in [0.1, 0.15) is 5.75 Å². The zero-order valence-corrected chi connectivity index (χ0v) is 14.1. The van der Waals surface area contributed by atoms with Crippen LogP contribution in [0.2, 0.25) is 0 Å². The van der Waals surface area contributed by atoms with Crippen molar-refractivity contribution < 1.29 is 5.11 Å². The maximum Gasteiger partial charge on any atom is 0.123 e. The van der Waals surface area contributed by atoms with E-state index in [1.54, 1.807) is 12.4 Å². The van der Waals surface area contributed by atoms with E-state index in [4.69, 9.17) is 0 Å². The number of imidazole rings is 1. The summed E-state index contributed by atoms with van der Waals surface area (Å²) in [7, 11) is 0. The van der Waals surface area contributed by atoms with E-state index in [9.17, 15) is 5.11 Å². The van der Waals surface area contributed by atoms with Crippen LogP contribution < -0.4 is 0 Å². The summed E-state index contributed by atoms with van der Waals surface area (Å²) in [5.41, 5.74) is 5.75. The number of nitrogens with one attached hydrogen (secondary N) is 1. The van der Waals surface area contributed by atoms with Gasteiger partial charge < -0.3 is 10.1 Å². The number of aromatic amines is 1. The first-order chi connectivity index (χ1) is 11.2. The van der Waals surface area contributed by atoms with Gasteiger partial charge >= 0.3 is 0 Å². The summed E-state index contributed by atoms with van der Waals surface area (Å²) in [6.07, 6.45) is 5.71. The molecule has 4 heteroatoms. The number of aromatic hydroxyl groups is 1. The number of nitrogens with zero attached hydrogens (tertiary/aromatic N) is 1. The highest BCUT2D eigenvalue weighted by atomic mass is 79.9. The predicted octanol–water partition coefficient (Wildman–Crippen LogP) is 4.95. The Morgan fingerprint density at radius 2 is 2.04 bits per heavy atom. The molecule has 0 saturated heterocycles. The summed E-state index contributed by atoms with van der Waals surface area (Å²) < 4.78 is 0. The third-order valence-corrected chi connectivity index (χ3v) is 5.45. The van der Waals surface area contributed by atoms with Crippen molar-refractivity contribution in [1.82, 2.24) is 9.97 Å². The van der Waals surface area contributed by atoms with Crippen LogP contribution in [0.15, 0.2) is 55.0 Å². The Balaban J connectivity index is 1.73. The number of halogens is 1. The molecule has 0 fully saturated rings. The summed E-state index contributed by atoms with van der Waals surface area (Å²) in [4.78, 5) is 7.78. The fraction of sp³-hybridized carbons (Fsp3) is 0.211. The highest BCUT2D eigenvalue weighted by Gasteiger charge is 2.30. The standard InChI is InChI=1S/C19H17BrN2O/c20-18-9-13(7-14-10-21-11-22-14)17-8-12(5-6-16(17)18)15-3-1-2-4-19(15)23/h1-6,8,10-11,13,18,23H,7,9H2,(H,21,22).